The van der Waals surface area contributed by atoms with Gasteiger partial charge in [0, 0.05) is 11.4 Å². The normalized spacial score (nSPS) is 10.1. The Morgan fingerprint density at radius 2 is 2.27 bits per heavy atom. The first-order valence-electron chi connectivity index (χ1n) is 4.76. The van der Waals surface area contributed by atoms with Crippen molar-refractivity contribution in [2.24, 2.45) is 5.73 Å². The van der Waals surface area contributed by atoms with Crippen molar-refractivity contribution in [2.45, 2.75) is 12.8 Å². The SMILES string of the molecule is COc1ccc(Cl)cc1C(=O)CCCN. The van der Waals surface area contributed by atoms with E-state index in [2.05, 4.69) is 0 Å². The monoisotopic (exact) mass is 227 g/mol. The van der Waals surface area contributed by atoms with Gasteiger partial charge in [0.1, 0.15) is 5.75 Å². The van der Waals surface area contributed by atoms with Crippen molar-refractivity contribution in [3.8, 4) is 5.75 Å². The van der Waals surface area contributed by atoms with Crippen molar-refractivity contribution >= 4 is 17.4 Å². The number of nitrogens with two attached hydrogens (primary N) is 1. The smallest absolute Gasteiger partial charge is 0.166 e. The molecule has 1 aromatic rings. The largest absolute Gasteiger partial charge is 0.496 e. The average molecular weight is 228 g/mol. The highest BCUT2D eigenvalue weighted by molar-refractivity contribution is 6.31. The van der Waals surface area contributed by atoms with E-state index < -0.39 is 0 Å². The van der Waals surface area contributed by atoms with Crippen molar-refractivity contribution < 1.29 is 9.53 Å². The number of carbonyl (C=O) groups excluding carboxylic acids is 1. The number of methoxy groups -OCH3 is 1. The number of hydrogen-bond donors (Lipinski definition) is 1. The van der Waals surface area contributed by atoms with E-state index in [1.807, 2.05) is 0 Å². The summed E-state index contributed by atoms with van der Waals surface area (Å²) in [6, 6.07) is 5.01. The molecule has 0 aromatic heterocycles. The third-order valence-corrected chi connectivity index (χ3v) is 2.30. The highest BCUT2D eigenvalue weighted by atomic mass is 35.5. The number of carbonyl (C=O) groups is 1. The van der Waals surface area contributed by atoms with E-state index in [4.69, 9.17) is 22.1 Å². The van der Waals surface area contributed by atoms with Gasteiger partial charge in [-0.1, -0.05) is 11.6 Å². The molecule has 4 heteroatoms. The van der Waals surface area contributed by atoms with Crippen LogP contribution in [0.25, 0.3) is 0 Å². The van der Waals surface area contributed by atoms with Gasteiger partial charge in [-0.3, -0.25) is 4.79 Å². The minimum Gasteiger partial charge on any atom is -0.496 e. The molecular weight excluding hydrogens is 214 g/mol. The van der Waals surface area contributed by atoms with Crippen LogP contribution in [-0.2, 0) is 0 Å². The average Bonchev–Trinajstić information content (AvgIpc) is 2.25. The minimum absolute atomic E-state index is 0.0137. The number of Topliss-reactive ketones (excluding diaryl/α,β-unsaturated/α-hetero) is 1. The second-order valence-electron chi connectivity index (χ2n) is 3.16. The predicted molar refractivity (Wildman–Crippen MR) is 60.6 cm³/mol. The van der Waals surface area contributed by atoms with Crippen molar-refractivity contribution in [1.82, 2.24) is 0 Å². The van der Waals surface area contributed by atoms with Gasteiger partial charge in [0.25, 0.3) is 0 Å². The number of rotatable bonds is 5. The topological polar surface area (TPSA) is 52.3 Å². The number of ketones is 1. The molecule has 2 N–H and O–H groups in total. The first kappa shape index (κ1) is 12.0. The van der Waals surface area contributed by atoms with E-state index >= 15 is 0 Å². The molecule has 0 spiro atoms. The number of hydrogen-bond acceptors (Lipinski definition) is 3. The summed E-state index contributed by atoms with van der Waals surface area (Å²) in [5.41, 5.74) is 5.87. The van der Waals surface area contributed by atoms with E-state index in [0.29, 0.717) is 35.7 Å². The summed E-state index contributed by atoms with van der Waals surface area (Å²) in [6.45, 7) is 0.509. The Bertz CT molecular complexity index is 352. The van der Waals surface area contributed by atoms with Gasteiger partial charge in [-0.05, 0) is 31.2 Å². The highest BCUT2D eigenvalue weighted by Crippen LogP contribution is 2.24. The molecule has 0 saturated heterocycles. The Kier molecular flexibility index (Phi) is 4.59. The molecule has 0 atom stereocenters. The Morgan fingerprint density at radius 1 is 1.53 bits per heavy atom. The fourth-order valence-corrected chi connectivity index (χ4v) is 1.47. The van der Waals surface area contributed by atoms with Crippen LogP contribution >= 0.6 is 11.6 Å². The lowest BCUT2D eigenvalue weighted by molar-refractivity contribution is 0.0978. The standard InChI is InChI=1S/C11H14ClNO2/c1-15-11-5-4-8(12)7-9(11)10(14)3-2-6-13/h4-5,7H,2-3,6,13H2,1H3. The molecule has 0 aliphatic carbocycles. The summed E-state index contributed by atoms with van der Waals surface area (Å²) in [4.78, 5) is 11.7. The molecule has 0 bridgehead atoms. The molecular formula is C11H14ClNO2. The van der Waals surface area contributed by atoms with Crippen LogP contribution in [0.1, 0.15) is 23.2 Å². The second-order valence-corrected chi connectivity index (χ2v) is 3.60. The summed E-state index contributed by atoms with van der Waals surface area (Å²) in [7, 11) is 1.53. The molecule has 15 heavy (non-hydrogen) atoms. The third kappa shape index (κ3) is 3.22. The van der Waals surface area contributed by atoms with Gasteiger partial charge in [-0.15, -0.1) is 0 Å². The molecule has 0 saturated carbocycles. The van der Waals surface area contributed by atoms with Crippen LogP contribution in [0.5, 0.6) is 5.75 Å². The fourth-order valence-electron chi connectivity index (χ4n) is 1.30. The molecule has 0 radical (unpaired) electrons. The third-order valence-electron chi connectivity index (χ3n) is 2.07. The molecule has 1 rings (SSSR count). The van der Waals surface area contributed by atoms with E-state index in [9.17, 15) is 4.79 Å². The summed E-state index contributed by atoms with van der Waals surface area (Å²) < 4.78 is 5.09. The lowest BCUT2D eigenvalue weighted by Crippen LogP contribution is -2.06. The van der Waals surface area contributed by atoms with Gasteiger partial charge >= 0.3 is 0 Å². The van der Waals surface area contributed by atoms with Crippen LogP contribution in [0.2, 0.25) is 5.02 Å². The molecule has 0 fully saturated rings. The van der Waals surface area contributed by atoms with E-state index in [0.717, 1.165) is 0 Å². The quantitative estimate of drug-likeness (QED) is 0.786. The van der Waals surface area contributed by atoms with Gasteiger partial charge in [0.15, 0.2) is 5.78 Å². The molecule has 0 aliphatic rings. The van der Waals surface area contributed by atoms with Gasteiger partial charge in [0.2, 0.25) is 0 Å². The first-order valence-corrected chi connectivity index (χ1v) is 5.13. The molecule has 0 amide bonds. The summed E-state index contributed by atoms with van der Waals surface area (Å²) in [5, 5.41) is 0.534. The molecule has 0 heterocycles. The maximum Gasteiger partial charge on any atom is 0.166 e. The Balaban J connectivity index is 2.90. The summed E-state index contributed by atoms with van der Waals surface area (Å²) in [6.07, 6.45) is 1.10. The van der Waals surface area contributed by atoms with Crippen LogP contribution in [0.15, 0.2) is 18.2 Å². The van der Waals surface area contributed by atoms with Gasteiger partial charge in [-0.25, -0.2) is 0 Å². The molecule has 1 aromatic carbocycles. The highest BCUT2D eigenvalue weighted by Gasteiger charge is 2.11. The zero-order chi connectivity index (χ0) is 11.3. The zero-order valence-electron chi connectivity index (χ0n) is 8.63. The summed E-state index contributed by atoms with van der Waals surface area (Å²) in [5.74, 6) is 0.571. The maximum absolute atomic E-state index is 11.7. The number of benzene rings is 1. The van der Waals surface area contributed by atoms with E-state index in [-0.39, 0.29) is 5.78 Å². The van der Waals surface area contributed by atoms with Crippen LogP contribution < -0.4 is 10.5 Å². The number of halogens is 1. The van der Waals surface area contributed by atoms with Crippen LogP contribution in [0, 0.1) is 0 Å². The van der Waals surface area contributed by atoms with Crippen molar-refractivity contribution in [1.29, 1.82) is 0 Å². The Labute approximate surface area is 94.2 Å². The van der Waals surface area contributed by atoms with Crippen LogP contribution in [0.3, 0.4) is 0 Å². The summed E-state index contributed by atoms with van der Waals surface area (Å²) >= 11 is 5.82. The Morgan fingerprint density at radius 3 is 2.87 bits per heavy atom. The van der Waals surface area contributed by atoms with E-state index in [1.54, 1.807) is 18.2 Å². The number of ether oxygens (including phenoxy) is 1. The first-order chi connectivity index (χ1) is 7.19. The lowest BCUT2D eigenvalue weighted by Gasteiger charge is -2.07. The zero-order valence-corrected chi connectivity index (χ0v) is 9.38. The molecule has 0 unspecified atom stereocenters. The van der Waals surface area contributed by atoms with Crippen molar-refractivity contribution in [2.75, 3.05) is 13.7 Å². The van der Waals surface area contributed by atoms with Crippen molar-refractivity contribution in [3.63, 3.8) is 0 Å². The fraction of sp³-hybridized carbons (Fsp3) is 0.364. The molecule has 82 valence electrons. The minimum atomic E-state index is 0.0137. The molecule has 0 aliphatic heterocycles. The lowest BCUT2D eigenvalue weighted by atomic mass is 10.1. The molecule has 3 nitrogen and oxygen atoms in total. The maximum atomic E-state index is 11.7. The second kappa shape index (κ2) is 5.73. The van der Waals surface area contributed by atoms with Crippen LogP contribution in [-0.4, -0.2) is 19.4 Å². The van der Waals surface area contributed by atoms with Crippen LogP contribution in [0.4, 0.5) is 0 Å². The van der Waals surface area contributed by atoms with Crippen molar-refractivity contribution in [3.05, 3.63) is 28.8 Å². The Hall–Kier alpha value is -1.06. The predicted octanol–water partition coefficient (Wildman–Crippen LogP) is 2.27. The van der Waals surface area contributed by atoms with E-state index in [1.165, 1.54) is 7.11 Å². The van der Waals surface area contributed by atoms with Gasteiger partial charge in [-0.2, -0.15) is 0 Å². The van der Waals surface area contributed by atoms with Gasteiger partial charge in [0.05, 0.1) is 12.7 Å². The van der Waals surface area contributed by atoms with Gasteiger partial charge < -0.3 is 10.5 Å².